The first-order valence-electron chi connectivity index (χ1n) is 9.52. The average Bonchev–Trinajstić information content (AvgIpc) is 2.69. The van der Waals surface area contributed by atoms with E-state index < -0.39 is 6.10 Å². The maximum atomic E-state index is 9.86. The molecule has 2 rings (SSSR count). The molecule has 0 heterocycles. The smallest absolute Gasteiger partial charge is 0.119 e. The molecular weight excluding hydrogens is 342 g/mol. The third kappa shape index (κ3) is 9.43. The van der Waals surface area contributed by atoms with Crippen LogP contribution in [0.1, 0.15) is 19.4 Å². The Morgan fingerprint density at radius 3 is 2.26 bits per heavy atom. The van der Waals surface area contributed by atoms with Gasteiger partial charge >= 0.3 is 0 Å². The molecule has 0 aliphatic carbocycles. The Balaban J connectivity index is 1.56. The molecule has 148 valence electrons. The van der Waals surface area contributed by atoms with E-state index in [-0.39, 0.29) is 6.61 Å². The third-order valence-corrected chi connectivity index (χ3v) is 3.90. The first-order chi connectivity index (χ1) is 13.1. The predicted octanol–water partition coefficient (Wildman–Crippen LogP) is 3.06. The number of hydrogen-bond acceptors (Lipinski definition) is 5. The van der Waals surface area contributed by atoms with Crippen LogP contribution in [-0.2, 0) is 11.2 Å². The van der Waals surface area contributed by atoms with Gasteiger partial charge in [-0.3, -0.25) is 0 Å². The highest BCUT2D eigenvalue weighted by Crippen LogP contribution is 2.13. The SMILES string of the molecule is CC(C)NCC(O)COc1ccc(CCOCCOc2ccccc2)cc1. The number of aliphatic hydroxyl groups excluding tert-OH is 1. The minimum atomic E-state index is -0.515. The lowest BCUT2D eigenvalue weighted by molar-refractivity contribution is 0.102. The zero-order valence-corrected chi connectivity index (χ0v) is 16.3. The molecule has 2 aromatic carbocycles. The van der Waals surface area contributed by atoms with E-state index in [4.69, 9.17) is 14.2 Å². The van der Waals surface area contributed by atoms with Crippen molar-refractivity contribution in [2.24, 2.45) is 0 Å². The van der Waals surface area contributed by atoms with E-state index in [1.54, 1.807) is 0 Å². The van der Waals surface area contributed by atoms with Gasteiger partial charge in [-0.15, -0.1) is 0 Å². The highest BCUT2D eigenvalue weighted by Gasteiger charge is 2.06. The monoisotopic (exact) mass is 373 g/mol. The molecule has 0 aliphatic heterocycles. The predicted molar refractivity (Wildman–Crippen MR) is 108 cm³/mol. The maximum absolute atomic E-state index is 9.86. The second-order valence-electron chi connectivity index (χ2n) is 6.70. The lowest BCUT2D eigenvalue weighted by Gasteiger charge is -2.15. The second-order valence-corrected chi connectivity index (χ2v) is 6.70. The van der Waals surface area contributed by atoms with Gasteiger partial charge in [0.25, 0.3) is 0 Å². The van der Waals surface area contributed by atoms with Crippen LogP contribution in [0.5, 0.6) is 11.5 Å². The van der Waals surface area contributed by atoms with Crippen molar-refractivity contribution in [1.82, 2.24) is 5.32 Å². The van der Waals surface area contributed by atoms with Gasteiger partial charge in [-0.05, 0) is 36.2 Å². The molecule has 0 amide bonds. The van der Waals surface area contributed by atoms with E-state index in [9.17, 15) is 5.11 Å². The molecule has 2 N–H and O–H groups in total. The minimum absolute atomic E-state index is 0.281. The Bertz CT molecular complexity index is 616. The number of para-hydroxylation sites is 1. The van der Waals surface area contributed by atoms with Crippen LogP contribution in [0.4, 0.5) is 0 Å². The lowest BCUT2D eigenvalue weighted by Crippen LogP contribution is -2.35. The maximum Gasteiger partial charge on any atom is 0.119 e. The van der Waals surface area contributed by atoms with Crippen LogP contribution in [0.25, 0.3) is 0 Å². The van der Waals surface area contributed by atoms with Crippen molar-refractivity contribution in [2.75, 3.05) is 33.0 Å². The Morgan fingerprint density at radius 2 is 1.56 bits per heavy atom. The summed E-state index contributed by atoms with van der Waals surface area (Å²) in [7, 11) is 0. The molecule has 5 heteroatoms. The van der Waals surface area contributed by atoms with Gasteiger partial charge in [-0.1, -0.05) is 44.2 Å². The van der Waals surface area contributed by atoms with E-state index in [1.165, 1.54) is 5.56 Å². The van der Waals surface area contributed by atoms with Crippen LogP contribution < -0.4 is 14.8 Å². The van der Waals surface area contributed by atoms with Crippen molar-refractivity contribution in [1.29, 1.82) is 0 Å². The van der Waals surface area contributed by atoms with Gasteiger partial charge in [-0.25, -0.2) is 0 Å². The average molecular weight is 373 g/mol. The molecule has 2 aromatic rings. The summed E-state index contributed by atoms with van der Waals surface area (Å²) < 4.78 is 16.8. The summed E-state index contributed by atoms with van der Waals surface area (Å²) in [5.41, 5.74) is 1.19. The van der Waals surface area contributed by atoms with Gasteiger partial charge in [0.2, 0.25) is 0 Å². The summed E-state index contributed by atoms with van der Waals surface area (Å²) in [4.78, 5) is 0. The number of aliphatic hydroxyl groups is 1. The molecule has 1 atom stereocenters. The molecule has 0 aromatic heterocycles. The Labute approximate surface area is 162 Å². The zero-order chi connectivity index (χ0) is 19.3. The van der Waals surface area contributed by atoms with Crippen LogP contribution in [0.3, 0.4) is 0 Å². The number of ether oxygens (including phenoxy) is 3. The fourth-order valence-corrected chi connectivity index (χ4v) is 2.40. The van der Waals surface area contributed by atoms with Crippen LogP contribution in [0.2, 0.25) is 0 Å². The van der Waals surface area contributed by atoms with Gasteiger partial charge in [0.1, 0.15) is 30.8 Å². The quantitative estimate of drug-likeness (QED) is 0.529. The largest absolute Gasteiger partial charge is 0.491 e. The zero-order valence-electron chi connectivity index (χ0n) is 16.3. The van der Waals surface area contributed by atoms with Crippen LogP contribution in [-0.4, -0.2) is 50.2 Å². The normalized spacial score (nSPS) is 12.1. The van der Waals surface area contributed by atoms with Gasteiger partial charge in [0.05, 0.1) is 13.2 Å². The molecule has 0 saturated heterocycles. The summed E-state index contributed by atoms with van der Waals surface area (Å²) in [6.45, 7) is 6.67. The molecule has 0 bridgehead atoms. The van der Waals surface area contributed by atoms with E-state index >= 15 is 0 Å². The van der Waals surface area contributed by atoms with Gasteiger partial charge in [0, 0.05) is 12.6 Å². The van der Waals surface area contributed by atoms with Crippen LogP contribution in [0, 0.1) is 0 Å². The molecule has 5 nitrogen and oxygen atoms in total. The first kappa shape index (κ1) is 21.2. The van der Waals surface area contributed by atoms with Gasteiger partial charge in [0.15, 0.2) is 0 Å². The molecular formula is C22H31NO4. The Kier molecular flexibility index (Phi) is 9.69. The van der Waals surface area contributed by atoms with Gasteiger partial charge < -0.3 is 24.6 Å². The summed E-state index contributed by atoms with van der Waals surface area (Å²) in [6.07, 6.45) is 0.325. The number of benzene rings is 2. The summed E-state index contributed by atoms with van der Waals surface area (Å²) in [6, 6.07) is 18.0. The minimum Gasteiger partial charge on any atom is -0.491 e. The first-order valence-corrected chi connectivity index (χ1v) is 9.52. The lowest BCUT2D eigenvalue weighted by atomic mass is 10.1. The summed E-state index contributed by atoms with van der Waals surface area (Å²) >= 11 is 0. The second kappa shape index (κ2) is 12.3. The fourth-order valence-electron chi connectivity index (χ4n) is 2.40. The van der Waals surface area contributed by atoms with E-state index in [2.05, 4.69) is 5.32 Å². The van der Waals surface area contributed by atoms with Crippen LogP contribution in [0.15, 0.2) is 54.6 Å². The molecule has 0 saturated carbocycles. The molecule has 0 aliphatic rings. The van der Waals surface area contributed by atoms with Crippen molar-refractivity contribution in [2.45, 2.75) is 32.4 Å². The van der Waals surface area contributed by atoms with Gasteiger partial charge in [-0.2, -0.15) is 0 Å². The molecule has 0 radical (unpaired) electrons. The highest BCUT2D eigenvalue weighted by molar-refractivity contribution is 5.27. The molecule has 0 fully saturated rings. The summed E-state index contributed by atoms with van der Waals surface area (Å²) in [5, 5.41) is 13.0. The van der Waals surface area contributed by atoms with E-state index in [0.717, 1.165) is 17.9 Å². The van der Waals surface area contributed by atoms with Crippen molar-refractivity contribution in [3.8, 4) is 11.5 Å². The van der Waals surface area contributed by atoms with E-state index in [0.29, 0.717) is 32.4 Å². The topological polar surface area (TPSA) is 60.0 Å². The Morgan fingerprint density at radius 1 is 0.852 bits per heavy atom. The summed E-state index contributed by atoms with van der Waals surface area (Å²) in [5.74, 6) is 1.63. The number of hydrogen-bond donors (Lipinski definition) is 2. The van der Waals surface area contributed by atoms with Crippen molar-refractivity contribution < 1.29 is 19.3 Å². The standard InChI is InChI=1S/C22H31NO4/c1-18(2)23-16-20(24)17-27-22-10-8-19(9-11-22)12-13-25-14-15-26-21-6-4-3-5-7-21/h3-11,18,20,23-24H,12-17H2,1-2H3. The molecule has 0 spiro atoms. The molecule has 1 unspecified atom stereocenters. The highest BCUT2D eigenvalue weighted by atomic mass is 16.5. The van der Waals surface area contributed by atoms with Crippen molar-refractivity contribution in [3.05, 3.63) is 60.2 Å². The third-order valence-electron chi connectivity index (χ3n) is 3.90. The fraction of sp³-hybridized carbons (Fsp3) is 0.455. The van der Waals surface area contributed by atoms with Crippen molar-refractivity contribution >= 4 is 0 Å². The van der Waals surface area contributed by atoms with Crippen LogP contribution >= 0.6 is 0 Å². The van der Waals surface area contributed by atoms with E-state index in [1.807, 2.05) is 68.4 Å². The number of nitrogens with one attached hydrogen (secondary N) is 1. The molecule has 27 heavy (non-hydrogen) atoms. The number of rotatable bonds is 13. The Hall–Kier alpha value is -2.08. The van der Waals surface area contributed by atoms with Crippen molar-refractivity contribution in [3.63, 3.8) is 0 Å².